The van der Waals surface area contributed by atoms with Gasteiger partial charge in [0.25, 0.3) is 0 Å². The van der Waals surface area contributed by atoms with Crippen molar-refractivity contribution in [1.82, 2.24) is 15.3 Å². The van der Waals surface area contributed by atoms with E-state index >= 15 is 0 Å². The lowest BCUT2D eigenvalue weighted by Gasteiger charge is -2.05. The maximum Gasteiger partial charge on any atom is 0.0959 e. The molecule has 0 radical (unpaired) electrons. The van der Waals surface area contributed by atoms with E-state index in [2.05, 4.69) is 27.9 Å². The number of hydrogen-bond acceptors (Lipinski definition) is 4. The summed E-state index contributed by atoms with van der Waals surface area (Å²) in [4.78, 5) is 9.28. The Morgan fingerprint density at radius 3 is 2.85 bits per heavy atom. The van der Waals surface area contributed by atoms with E-state index in [1.807, 2.05) is 20.0 Å². The third kappa shape index (κ3) is 2.56. The van der Waals surface area contributed by atoms with Crippen LogP contribution >= 0.6 is 12.6 Å². The summed E-state index contributed by atoms with van der Waals surface area (Å²) in [6, 6.07) is 1.87. The van der Waals surface area contributed by atoms with E-state index in [9.17, 15) is 0 Å². The van der Waals surface area contributed by atoms with Crippen LogP contribution in [0.5, 0.6) is 0 Å². The summed E-state index contributed by atoms with van der Waals surface area (Å²) in [5, 5.41) is 3.04. The minimum absolute atomic E-state index is 0.866. The lowest BCUT2D eigenvalue weighted by Crippen LogP contribution is -2.14. The van der Waals surface area contributed by atoms with Gasteiger partial charge >= 0.3 is 0 Å². The molecular formula is C8H13N3SSi. The number of allylic oxidation sites excluding steroid dienone is 1. The van der Waals surface area contributed by atoms with Crippen molar-refractivity contribution in [2.45, 2.75) is 6.92 Å². The summed E-state index contributed by atoms with van der Waals surface area (Å²) in [5.74, 6) is 0. The summed E-state index contributed by atoms with van der Waals surface area (Å²) in [6.45, 7) is 1.97. The third-order valence-electron chi connectivity index (χ3n) is 1.75. The van der Waals surface area contributed by atoms with E-state index < -0.39 is 0 Å². The molecule has 0 amide bonds. The van der Waals surface area contributed by atoms with Gasteiger partial charge in [-0.2, -0.15) is 0 Å². The molecule has 13 heavy (non-hydrogen) atoms. The van der Waals surface area contributed by atoms with Gasteiger partial charge in [0.15, 0.2) is 0 Å². The molecule has 1 aromatic rings. The van der Waals surface area contributed by atoms with Gasteiger partial charge in [-0.15, -0.1) is 12.6 Å². The standard InChI is InChI=1S/C8H13N3SSi/c1-5(9-2)7(12)6-3-4-10-8(13)11-6/h3-4,9,12H,1-2,13H3/b7-5-. The molecule has 1 heterocycles. The van der Waals surface area contributed by atoms with Crippen molar-refractivity contribution < 1.29 is 0 Å². The lowest BCUT2D eigenvalue weighted by atomic mass is 10.3. The van der Waals surface area contributed by atoms with Crippen LogP contribution in [0.4, 0.5) is 0 Å². The number of thiol groups is 1. The predicted octanol–water partition coefficient (Wildman–Crippen LogP) is -0.695. The molecule has 0 saturated carbocycles. The smallest absolute Gasteiger partial charge is 0.0959 e. The van der Waals surface area contributed by atoms with Crippen LogP contribution < -0.4 is 10.8 Å². The van der Waals surface area contributed by atoms with Gasteiger partial charge in [-0.1, -0.05) is 0 Å². The van der Waals surface area contributed by atoms with Crippen LogP contribution in [-0.2, 0) is 0 Å². The Bertz CT molecular complexity index is 338. The summed E-state index contributed by atoms with van der Waals surface area (Å²) < 4.78 is 0. The fourth-order valence-corrected chi connectivity index (χ4v) is 1.52. The lowest BCUT2D eigenvalue weighted by molar-refractivity contribution is 0.997. The van der Waals surface area contributed by atoms with Gasteiger partial charge in [0.1, 0.15) is 0 Å². The highest BCUT2D eigenvalue weighted by Crippen LogP contribution is 2.17. The molecule has 5 heteroatoms. The van der Waals surface area contributed by atoms with Crippen molar-refractivity contribution in [3.63, 3.8) is 0 Å². The second-order valence-corrected chi connectivity index (χ2v) is 4.05. The molecular weight excluding hydrogens is 198 g/mol. The normalized spacial score (nSPS) is 12.5. The Morgan fingerprint density at radius 1 is 1.62 bits per heavy atom. The molecule has 0 fully saturated rings. The molecule has 3 nitrogen and oxygen atoms in total. The molecule has 0 atom stereocenters. The monoisotopic (exact) mass is 211 g/mol. The Balaban J connectivity index is 3.08. The molecule has 1 rings (SSSR count). The number of nitrogens with zero attached hydrogens (tertiary/aromatic N) is 2. The molecule has 1 aromatic heterocycles. The fourth-order valence-electron chi connectivity index (χ4n) is 0.899. The molecule has 0 spiro atoms. The molecule has 0 saturated heterocycles. The maximum absolute atomic E-state index is 4.38. The highest BCUT2D eigenvalue weighted by atomic mass is 32.1. The summed E-state index contributed by atoms with van der Waals surface area (Å²) in [7, 11) is 2.74. The highest BCUT2D eigenvalue weighted by molar-refractivity contribution is 7.90. The molecule has 1 N–H and O–H groups in total. The van der Waals surface area contributed by atoms with Crippen LogP contribution in [0.1, 0.15) is 12.6 Å². The van der Waals surface area contributed by atoms with Crippen LogP contribution in [0, 0.1) is 0 Å². The van der Waals surface area contributed by atoms with Crippen LogP contribution in [0.15, 0.2) is 18.0 Å². The summed E-state index contributed by atoms with van der Waals surface area (Å²) in [6.07, 6.45) is 1.77. The van der Waals surface area contributed by atoms with Crippen LogP contribution in [0.25, 0.3) is 4.91 Å². The van der Waals surface area contributed by atoms with Gasteiger partial charge in [0.05, 0.1) is 21.4 Å². The van der Waals surface area contributed by atoms with Gasteiger partial charge in [-0.05, 0) is 13.0 Å². The fraction of sp³-hybridized carbons (Fsp3) is 0.250. The number of rotatable bonds is 2. The highest BCUT2D eigenvalue weighted by Gasteiger charge is 2.01. The number of hydrogen-bond donors (Lipinski definition) is 2. The minimum Gasteiger partial charge on any atom is -0.391 e. The first-order valence-electron chi connectivity index (χ1n) is 4.02. The van der Waals surface area contributed by atoms with Crippen molar-refractivity contribution in [2.75, 3.05) is 7.05 Å². The van der Waals surface area contributed by atoms with E-state index in [1.165, 1.54) is 0 Å². The second-order valence-electron chi connectivity index (χ2n) is 2.71. The van der Waals surface area contributed by atoms with Gasteiger partial charge in [0, 0.05) is 23.8 Å². The molecule has 0 aliphatic carbocycles. The Hall–Kier alpha value is -0.813. The van der Waals surface area contributed by atoms with E-state index in [0.29, 0.717) is 0 Å². The van der Waals surface area contributed by atoms with E-state index in [4.69, 9.17) is 0 Å². The molecule has 0 aliphatic heterocycles. The predicted molar refractivity (Wildman–Crippen MR) is 62.2 cm³/mol. The zero-order valence-electron chi connectivity index (χ0n) is 8.00. The molecule has 70 valence electrons. The average molecular weight is 211 g/mol. The maximum atomic E-state index is 4.38. The molecule has 0 aliphatic rings. The van der Waals surface area contributed by atoms with Crippen molar-refractivity contribution in [3.05, 3.63) is 23.7 Å². The SMILES string of the molecule is CN/C(C)=C(\S)c1ccnc([SiH3])n1. The van der Waals surface area contributed by atoms with E-state index in [1.54, 1.807) is 6.20 Å². The van der Waals surface area contributed by atoms with Crippen molar-refractivity contribution in [2.24, 2.45) is 0 Å². The number of aromatic nitrogens is 2. The van der Waals surface area contributed by atoms with Crippen molar-refractivity contribution >= 4 is 33.2 Å². The van der Waals surface area contributed by atoms with Gasteiger partial charge < -0.3 is 5.32 Å². The van der Waals surface area contributed by atoms with Crippen LogP contribution in [-0.4, -0.2) is 27.3 Å². The topological polar surface area (TPSA) is 37.8 Å². The van der Waals surface area contributed by atoms with Crippen LogP contribution in [0.2, 0.25) is 0 Å². The Morgan fingerprint density at radius 2 is 2.31 bits per heavy atom. The Kier molecular flexibility index (Phi) is 3.50. The zero-order chi connectivity index (χ0) is 9.84. The second kappa shape index (κ2) is 4.43. The van der Waals surface area contributed by atoms with Crippen LogP contribution in [0.3, 0.4) is 0 Å². The average Bonchev–Trinajstić information content (AvgIpc) is 2.15. The summed E-state index contributed by atoms with van der Waals surface area (Å²) >= 11 is 4.38. The van der Waals surface area contributed by atoms with E-state index in [-0.39, 0.29) is 0 Å². The van der Waals surface area contributed by atoms with Gasteiger partial charge in [-0.25, -0.2) is 9.97 Å². The Labute approximate surface area is 86.5 Å². The first kappa shape index (κ1) is 10.3. The van der Waals surface area contributed by atoms with Crippen molar-refractivity contribution in [3.8, 4) is 0 Å². The molecule has 0 unspecified atom stereocenters. The zero-order valence-corrected chi connectivity index (χ0v) is 10.9. The van der Waals surface area contributed by atoms with Gasteiger partial charge in [0.2, 0.25) is 0 Å². The van der Waals surface area contributed by atoms with Crippen molar-refractivity contribution in [1.29, 1.82) is 0 Å². The first-order valence-corrected chi connectivity index (χ1v) is 5.47. The molecule has 0 aromatic carbocycles. The first-order chi connectivity index (χ1) is 6.15. The summed E-state index contributed by atoms with van der Waals surface area (Å²) in [5.41, 5.74) is 2.80. The molecule has 0 bridgehead atoms. The third-order valence-corrected chi connectivity index (χ3v) is 2.80. The quantitative estimate of drug-likeness (QED) is 0.502. The largest absolute Gasteiger partial charge is 0.391 e. The van der Waals surface area contributed by atoms with E-state index in [0.717, 1.165) is 32.0 Å². The number of nitrogens with one attached hydrogen (secondary N) is 1. The minimum atomic E-state index is 0.866. The van der Waals surface area contributed by atoms with Gasteiger partial charge in [-0.3, -0.25) is 0 Å².